The number of rotatable bonds is 3. The molecule has 0 aliphatic heterocycles. The molecule has 2 rings (SSSR count). The first-order valence-electron chi connectivity index (χ1n) is 4.64. The molecular weight excluding hydrogens is 262 g/mol. The molecule has 17 heavy (non-hydrogen) atoms. The summed E-state index contributed by atoms with van der Waals surface area (Å²) in [5, 5.41) is 5.82. The molecule has 0 bridgehead atoms. The van der Waals surface area contributed by atoms with Crippen LogP contribution in [0.5, 0.6) is 11.5 Å². The number of benzene rings is 1. The SMILES string of the molecule is COc1cc(OC)c2sc(S(N)(=O)=O)cc2c1. The summed E-state index contributed by atoms with van der Waals surface area (Å²) >= 11 is 1.08. The van der Waals surface area contributed by atoms with Crippen molar-refractivity contribution in [1.82, 2.24) is 0 Å². The lowest BCUT2D eigenvalue weighted by atomic mass is 10.2. The highest BCUT2D eigenvalue weighted by Gasteiger charge is 2.15. The Labute approximate surface area is 103 Å². The number of hydrogen-bond donors (Lipinski definition) is 1. The third kappa shape index (κ3) is 2.21. The average molecular weight is 273 g/mol. The molecule has 0 amide bonds. The molecule has 1 aromatic heterocycles. The van der Waals surface area contributed by atoms with Gasteiger partial charge in [0.25, 0.3) is 0 Å². The van der Waals surface area contributed by atoms with Crippen LogP contribution in [0.4, 0.5) is 0 Å². The van der Waals surface area contributed by atoms with Crippen LogP contribution in [0.2, 0.25) is 0 Å². The Bertz CT molecular complexity index is 660. The van der Waals surface area contributed by atoms with Crippen molar-refractivity contribution in [2.45, 2.75) is 4.21 Å². The van der Waals surface area contributed by atoms with Crippen LogP contribution in [0.25, 0.3) is 10.1 Å². The summed E-state index contributed by atoms with van der Waals surface area (Å²) in [7, 11) is -0.633. The van der Waals surface area contributed by atoms with Gasteiger partial charge in [-0.15, -0.1) is 11.3 Å². The largest absolute Gasteiger partial charge is 0.497 e. The number of thiophene rings is 1. The van der Waals surface area contributed by atoms with Crippen LogP contribution in [0.15, 0.2) is 22.4 Å². The minimum Gasteiger partial charge on any atom is -0.497 e. The third-order valence-corrected chi connectivity index (χ3v) is 4.85. The number of primary sulfonamides is 1. The zero-order valence-corrected chi connectivity index (χ0v) is 10.9. The van der Waals surface area contributed by atoms with Gasteiger partial charge in [-0.05, 0) is 12.1 Å². The number of sulfonamides is 1. The molecule has 7 heteroatoms. The average Bonchev–Trinajstić information content (AvgIpc) is 2.70. The smallest absolute Gasteiger partial charge is 0.247 e. The van der Waals surface area contributed by atoms with Crippen LogP contribution >= 0.6 is 11.3 Å². The second-order valence-electron chi connectivity index (χ2n) is 3.36. The van der Waals surface area contributed by atoms with Gasteiger partial charge < -0.3 is 9.47 Å². The van der Waals surface area contributed by atoms with E-state index in [1.807, 2.05) is 0 Å². The Hall–Kier alpha value is -1.31. The summed E-state index contributed by atoms with van der Waals surface area (Å²) in [6.45, 7) is 0. The van der Waals surface area contributed by atoms with Gasteiger partial charge in [0, 0.05) is 11.5 Å². The molecule has 0 radical (unpaired) electrons. The molecule has 0 unspecified atom stereocenters. The molecule has 92 valence electrons. The molecule has 0 aliphatic rings. The van der Waals surface area contributed by atoms with E-state index < -0.39 is 10.0 Å². The fourth-order valence-corrected chi connectivity index (χ4v) is 3.35. The maximum atomic E-state index is 11.3. The van der Waals surface area contributed by atoms with E-state index in [0.29, 0.717) is 11.5 Å². The quantitative estimate of drug-likeness (QED) is 0.920. The van der Waals surface area contributed by atoms with E-state index >= 15 is 0 Å². The number of fused-ring (bicyclic) bond motifs is 1. The highest BCUT2D eigenvalue weighted by molar-refractivity contribution is 7.91. The van der Waals surface area contributed by atoms with Gasteiger partial charge in [-0.2, -0.15) is 0 Å². The molecule has 0 atom stereocenters. The van der Waals surface area contributed by atoms with Gasteiger partial charge in [0.2, 0.25) is 10.0 Å². The van der Waals surface area contributed by atoms with Crippen molar-refractivity contribution in [2.24, 2.45) is 5.14 Å². The Morgan fingerprint density at radius 3 is 2.41 bits per heavy atom. The van der Waals surface area contributed by atoms with Crippen molar-refractivity contribution in [3.05, 3.63) is 18.2 Å². The molecule has 1 aromatic carbocycles. The van der Waals surface area contributed by atoms with Crippen LogP contribution in [0, 0.1) is 0 Å². The molecular formula is C10H11NO4S2. The van der Waals surface area contributed by atoms with Gasteiger partial charge in [0.15, 0.2) is 0 Å². The summed E-state index contributed by atoms with van der Waals surface area (Å²) in [6, 6.07) is 4.95. The van der Waals surface area contributed by atoms with Gasteiger partial charge in [-0.25, -0.2) is 13.6 Å². The molecule has 0 spiro atoms. The summed E-state index contributed by atoms with van der Waals surface area (Å²) in [6.07, 6.45) is 0. The maximum absolute atomic E-state index is 11.3. The summed E-state index contributed by atoms with van der Waals surface area (Å²) in [5.41, 5.74) is 0. The van der Waals surface area contributed by atoms with E-state index in [2.05, 4.69) is 0 Å². The van der Waals surface area contributed by atoms with Crippen molar-refractivity contribution in [3.63, 3.8) is 0 Å². The van der Waals surface area contributed by atoms with Gasteiger partial charge in [0.05, 0.1) is 18.9 Å². The molecule has 0 saturated carbocycles. The number of methoxy groups -OCH3 is 2. The van der Waals surface area contributed by atoms with Crippen molar-refractivity contribution < 1.29 is 17.9 Å². The summed E-state index contributed by atoms with van der Waals surface area (Å²) in [5.74, 6) is 1.17. The van der Waals surface area contributed by atoms with E-state index in [1.165, 1.54) is 20.3 Å². The zero-order chi connectivity index (χ0) is 12.6. The second kappa shape index (κ2) is 4.17. The van der Waals surface area contributed by atoms with Crippen LogP contribution in [-0.4, -0.2) is 22.6 Å². The van der Waals surface area contributed by atoms with Crippen LogP contribution in [0.3, 0.4) is 0 Å². The standard InChI is InChI=1S/C10H11NO4S2/c1-14-7-3-6-4-9(17(11,12)13)16-10(6)8(5-7)15-2/h3-5H,1-2H3,(H2,11,12,13). The number of ether oxygens (including phenoxy) is 2. The Balaban J connectivity index is 2.76. The van der Waals surface area contributed by atoms with Crippen LogP contribution in [0.1, 0.15) is 0 Å². The summed E-state index contributed by atoms with van der Waals surface area (Å²) < 4.78 is 33.7. The highest BCUT2D eigenvalue weighted by atomic mass is 32.2. The molecule has 0 fully saturated rings. The minimum atomic E-state index is -3.69. The molecule has 0 aliphatic carbocycles. The monoisotopic (exact) mass is 273 g/mol. The van der Waals surface area contributed by atoms with Crippen molar-refractivity contribution in [2.75, 3.05) is 14.2 Å². The van der Waals surface area contributed by atoms with E-state index in [1.54, 1.807) is 12.1 Å². The normalized spacial score (nSPS) is 11.7. The van der Waals surface area contributed by atoms with Gasteiger partial charge in [-0.3, -0.25) is 0 Å². The molecule has 5 nitrogen and oxygen atoms in total. The Morgan fingerprint density at radius 2 is 1.88 bits per heavy atom. The fourth-order valence-electron chi connectivity index (χ4n) is 1.48. The number of hydrogen-bond acceptors (Lipinski definition) is 5. The first kappa shape index (κ1) is 12.2. The van der Waals surface area contributed by atoms with Crippen molar-refractivity contribution in [1.29, 1.82) is 0 Å². The van der Waals surface area contributed by atoms with E-state index in [-0.39, 0.29) is 4.21 Å². The lowest BCUT2D eigenvalue weighted by molar-refractivity contribution is 0.398. The van der Waals surface area contributed by atoms with Crippen LogP contribution < -0.4 is 14.6 Å². The van der Waals surface area contributed by atoms with Crippen molar-refractivity contribution in [3.8, 4) is 11.5 Å². The topological polar surface area (TPSA) is 78.6 Å². The van der Waals surface area contributed by atoms with Gasteiger partial charge in [-0.1, -0.05) is 0 Å². The Kier molecular flexibility index (Phi) is 2.98. The van der Waals surface area contributed by atoms with Crippen LogP contribution in [-0.2, 0) is 10.0 Å². The molecule has 2 N–H and O–H groups in total. The maximum Gasteiger partial charge on any atom is 0.247 e. The van der Waals surface area contributed by atoms with Crippen molar-refractivity contribution >= 4 is 31.4 Å². The molecule has 1 heterocycles. The lowest BCUT2D eigenvalue weighted by Gasteiger charge is -2.04. The first-order chi connectivity index (χ1) is 7.95. The second-order valence-corrected chi connectivity index (χ2v) is 6.20. The lowest BCUT2D eigenvalue weighted by Crippen LogP contribution is -2.09. The minimum absolute atomic E-state index is 0.110. The van der Waals surface area contributed by atoms with E-state index in [0.717, 1.165) is 21.4 Å². The fraction of sp³-hybridized carbons (Fsp3) is 0.200. The van der Waals surface area contributed by atoms with E-state index in [4.69, 9.17) is 14.6 Å². The van der Waals surface area contributed by atoms with Gasteiger partial charge in [0.1, 0.15) is 15.7 Å². The first-order valence-corrected chi connectivity index (χ1v) is 7.00. The summed E-state index contributed by atoms with van der Waals surface area (Å²) in [4.78, 5) is 0. The number of nitrogens with two attached hydrogens (primary N) is 1. The van der Waals surface area contributed by atoms with Gasteiger partial charge >= 0.3 is 0 Å². The van der Waals surface area contributed by atoms with E-state index in [9.17, 15) is 8.42 Å². The molecule has 0 saturated heterocycles. The molecule has 2 aromatic rings. The third-order valence-electron chi connectivity index (χ3n) is 2.27. The predicted octanol–water partition coefficient (Wildman–Crippen LogP) is 1.57. The predicted molar refractivity (Wildman–Crippen MR) is 66.3 cm³/mol. The highest BCUT2D eigenvalue weighted by Crippen LogP contribution is 2.38. The zero-order valence-electron chi connectivity index (χ0n) is 9.26. The Morgan fingerprint density at radius 1 is 1.18 bits per heavy atom.